The molecule has 0 unspecified atom stereocenters. The van der Waals surface area contributed by atoms with Crippen molar-refractivity contribution in [2.75, 3.05) is 13.7 Å². The molecule has 0 atom stereocenters. The quantitative estimate of drug-likeness (QED) is 0.765. The molecule has 0 N–H and O–H groups in total. The minimum absolute atomic E-state index is 0.0240. The summed E-state index contributed by atoms with van der Waals surface area (Å²) in [4.78, 5) is 24.2. The van der Waals surface area contributed by atoms with Gasteiger partial charge in [-0.25, -0.2) is 0 Å². The Morgan fingerprint density at radius 3 is 2.38 bits per heavy atom. The van der Waals surface area contributed by atoms with Crippen LogP contribution in [0.2, 0.25) is 0 Å². The first-order valence-electron chi connectivity index (χ1n) is 6.65. The first-order valence-corrected chi connectivity index (χ1v) is 6.65. The molecule has 2 aromatic rings. The molecule has 1 amide bonds. The summed E-state index contributed by atoms with van der Waals surface area (Å²) in [6.07, 6.45) is 0.766. The number of likely N-dealkylation sites (N-methyl/N-ethyl adjacent to an activating group) is 1. The van der Waals surface area contributed by atoms with Crippen LogP contribution in [0, 0.1) is 0 Å². The molecule has 0 aliphatic carbocycles. The number of amides is 1. The van der Waals surface area contributed by atoms with Gasteiger partial charge in [0.25, 0.3) is 5.91 Å². The molecule has 2 rings (SSSR count). The van der Waals surface area contributed by atoms with Crippen LogP contribution in [-0.2, 0) is 11.3 Å². The maximum absolute atomic E-state index is 12.0. The van der Waals surface area contributed by atoms with Crippen molar-refractivity contribution >= 4 is 12.2 Å². The van der Waals surface area contributed by atoms with Crippen molar-refractivity contribution in [1.82, 2.24) is 4.90 Å². The highest BCUT2D eigenvalue weighted by Gasteiger charge is 2.10. The lowest BCUT2D eigenvalue weighted by atomic mass is 10.2. The van der Waals surface area contributed by atoms with Gasteiger partial charge in [0.05, 0.1) is 0 Å². The predicted molar refractivity (Wildman–Crippen MR) is 80.2 cm³/mol. The summed E-state index contributed by atoms with van der Waals surface area (Å²) in [6, 6.07) is 16.4. The molecular formula is C17H17NO3. The third-order valence-corrected chi connectivity index (χ3v) is 3.07. The average Bonchev–Trinajstić information content (AvgIpc) is 2.54. The van der Waals surface area contributed by atoms with E-state index in [1.54, 1.807) is 36.2 Å². The molecule has 0 radical (unpaired) electrons. The zero-order valence-corrected chi connectivity index (χ0v) is 11.9. The van der Waals surface area contributed by atoms with E-state index in [2.05, 4.69) is 0 Å². The summed E-state index contributed by atoms with van der Waals surface area (Å²) in [6.45, 7) is 0.525. The molecule has 4 nitrogen and oxygen atoms in total. The Morgan fingerprint density at radius 1 is 1.10 bits per heavy atom. The van der Waals surface area contributed by atoms with Crippen molar-refractivity contribution in [2.24, 2.45) is 0 Å². The number of carbonyl (C=O) groups is 2. The van der Waals surface area contributed by atoms with Crippen molar-refractivity contribution in [3.63, 3.8) is 0 Å². The third kappa shape index (κ3) is 4.45. The highest BCUT2D eigenvalue weighted by atomic mass is 16.5. The normalized spacial score (nSPS) is 9.95. The number of hydrogen-bond donors (Lipinski definition) is 0. The van der Waals surface area contributed by atoms with E-state index in [1.807, 2.05) is 30.3 Å². The topological polar surface area (TPSA) is 46.6 Å². The summed E-state index contributed by atoms with van der Waals surface area (Å²) in [5.41, 5.74) is 1.65. The van der Waals surface area contributed by atoms with Crippen molar-refractivity contribution in [3.05, 3.63) is 65.7 Å². The summed E-state index contributed by atoms with van der Waals surface area (Å²) in [5.74, 6) is 0.473. The summed E-state index contributed by atoms with van der Waals surface area (Å²) >= 11 is 0. The Bertz CT molecular complexity index is 593. The second kappa shape index (κ2) is 7.24. The van der Waals surface area contributed by atoms with Gasteiger partial charge in [0.1, 0.15) is 12.0 Å². The number of nitrogens with zero attached hydrogens (tertiary/aromatic N) is 1. The van der Waals surface area contributed by atoms with Gasteiger partial charge < -0.3 is 9.64 Å². The molecule has 0 heterocycles. The van der Waals surface area contributed by atoms with Gasteiger partial charge >= 0.3 is 0 Å². The Labute approximate surface area is 124 Å². The third-order valence-electron chi connectivity index (χ3n) is 3.07. The first-order chi connectivity index (χ1) is 10.2. The molecule has 21 heavy (non-hydrogen) atoms. The largest absolute Gasteiger partial charge is 0.484 e. The fourth-order valence-corrected chi connectivity index (χ4v) is 1.84. The van der Waals surface area contributed by atoms with E-state index in [0.29, 0.717) is 17.9 Å². The zero-order valence-electron chi connectivity index (χ0n) is 11.9. The highest BCUT2D eigenvalue weighted by molar-refractivity contribution is 5.77. The van der Waals surface area contributed by atoms with E-state index < -0.39 is 0 Å². The number of aldehydes is 1. The van der Waals surface area contributed by atoms with Crippen molar-refractivity contribution in [2.45, 2.75) is 6.54 Å². The van der Waals surface area contributed by atoms with Crippen molar-refractivity contribution in [1.29, 1.82) is 0 Å². The zero-order chi connectivity index (χ0) is 15.1. The van der Waals surface area contributed by atoms with Gasteiger partial charge in [-0.15, -0.1) is 0 Å². The molecule has 0 fully saturated rings. The maximum Gasteiger partial charge on any atom is 0.260 e. The number of carbonyl (C=O) groups excluding carboxylic acids is 2. The van der Waals surface area contributed by atoms with E-state index in [-0.39, 0.29) is 12.5 Å². The van der Waals surface area contributed by atoms with Gasteiger partial charge in [0, 0.05) is 19.2 Å². The molecular weight excluding hydrogens is 266 g/mol. The van der Waals surface area contributed by atoms with Crippen LogP contribution in [0.1, 0.15) is 15.9 Å². The van der Waals surface area contributed by atoms with E-state index >= 15 is 0 Å². The van der Waals surface area contributed by atoms with Crippen LogP contribution in [0.5, 0.6) is 5.75 Å². The monoisotopic (exact) mass is 283 g/mol. The van der Waals surface area contributed by atoms with Gasteiger partial charge in [-0.05, 0) is 29.8 Å². The van der Waals surface area contributed by atoms with Gasteiger partial charge in [0.2, 0.25) is 0 Å². The number of rotatable bonds is 6. The molecule has 4 heteroatoms. The molecule has 108 valence electrons. The maximum atomic E-state index is 12.0. The minimum atomic E-state index is -0.0988. The molecule has 0 saturated heterocycles. The fraction of sp³-hybridized carbons (Fsp3) is 0.176. The molecule has 0 spiro atoms. The Hall–Kier alpha value is -2.62. The van der Waals surface area contributed by atoms with Crippen LogP contribution in [0.4, 0.5) is 0 Å². The lowest BCUT2D eigenvalue weighted by Crippen LogP contribution is -2.30. The molecule has 0 bridgehead atoms. The van der Waals surface area contributed by atoms with E-state index in [1.165, 1.54) is 0 Å². The molecule has 0 aliphatic rings. The Morgan fingerprint density at radius 2 is 1.76 bits per heavy atom. The second-order valence-corrected chi connectivity index (χ2v) is 4.71. The van der Waals surface area contributed by atoms with Gasteiger partial charge in [-0.1, -0.05) is 30.3 Å². The molecule has 0 saturated carbocycles. The number of benzene rings is 2. The Balaban J connectivity index is 1.84. The molecule has 0 aromatic heterocycles. The SMILES string of the molecule is CN(Cc1ccccc1)C(=O)COc1ccc(C=O)cc1. The molecule has 0 aliphatic heterocycles. The van der Waals surface area contributed by atoms with Crippen LogP contribution >= 0.6 is 0 Å². The first kappa shape index (κ1) is 14.8. The lowest BCUT2D eigenvalue weighted by Gasteiger charge is -2.17. The van der Waals surface area contributed by atoms with Crippen LogP contribution in [-0.4, -0.2) is 30.7 Å². The summed E-state index contributed by atoms with van der Waals surface area (Å²) in [5, 5.41) is 0. The molecule has 2 aromatic carbocycles. The van der Waals surface area contributed by atoms with E-state index in [0.717, 1.165) is 11.8 Å². The van der Waals surface area contributed by atoms with E-state index in [9.17, 15) is 9.59 Å². The fourth-order valence-electron chi connectivity index (χ4n) is 1.84. The van der Waals surface area contributed by atoms with Gasteiger partial charge in [-0.3, -0.25) is 9.59 Å². The lowest BCUT2D eigenvalue weighted by molar-refractivity contribution is -0.132. The number of hydrogen-bond acceptors (Lipinski definition) is 3. The number of ether oxygens (including phenoxy) is 1. The average molecular weight is 283 g/mol. The minimum Gasteiger partial charge on any atom is -0.484 e. The van der Waals surface area contributed by atoms with Crippen LogP contribution in [0.25, 0.3) is 0 Å². The smallest absolute Gasteiger partial charge is 0.260 e. The standard InChI is InChI=1S/C17H17NO3/c1-18(11-14-5-3-2-4-6-14)17(20)13-21-16-9-7-15(12-19)8-10-16/h2-10,12H,11,13H2,1H3. The van der Waals surface area contributed by atoms with Gasteiger partial charge in [-0.2, -0.15) is 0 Å². The van der Waals surface area contributed by atoms with Crippen LogP contribution < -0.4 is 4.74 Å². The van der Waals surface area contributed by atoms with E-state index in [4.69, 9.17) is 4.74 Å². The Kier molecular flexibility index (Phi) is 5.10. The highest BCUT2D eigenvalue weighted by Crippen LogP contribution is 2.11. The van der Waals surface area contributed by atoms with Crippen molar-refractivity contribution in [3.8, 4) is 5.75 Å². The predicted octanol–water partition coefficient (Wildman–Crippen LogP) is 2.54. The van der Waals surface area contributed by atoms with Crippen LogP contribution in [0.3, 0.4) is 0 Å². The second-order valence-electron chi connectivity index (χ2n) is 4.71. The van der Waals surface area contributed by atoms with Crippen LogP contribution in [0.15, 0.2) is 54.6 Å². The summed E-state index contributed by atoms with van der Waals surface area (Å²) < 4.78 is 5.42. The van der Waals surface area contributed by atoms with Crippen molar-refractivity contribution < 1.29 is 14.3 Å². The summed E-state index contributed by atoms with van der Waals surface area (Å²) in [7, 11) is 1.74. The van der Waals surface area contributed by atoms with Gasteiger partial charge in [0.15, 0.2) is 6.61 Å².